The van der Waals surface area contributed by atoms with Gasteiger partial charge in [0.1, 0.15) is 0 Å². The fraction of sp³-hybridized carbons (Fsp3) is 1.00. The predicted octanol–water partition coefficient (Wildman–Crippen LogP) is 1.70. The van der Waals surface area contributed by atoms with Crippen LogP contribution < -0.4 is 5.90 Å². The lowest BCUT2D eigenvalue weighted by atomic mass is 9.98. The Hall–Kier alpha value is -0.0800. The van der Waals surface area contributed by atoms with Crippen molar-refractivity contribution in [3.8, 4) is 0 Å². The second kappa shape index (κ2) is 4.77. The largest absolute Gasteiger partial charge is 0.301 e. The maximum atomic E-state index is 5.02. The van der Waals surface area contributed by atoms with Crippen molar-refractivity contribution >= 4 is 0 Å². The quantitative estimate of drug-likeness (QED) is 0.589. The second-order valence-electron chi connectivity index (χ2n) is 2.42. The van der Waals surface area contributed by atoms with Crippen molar-refractivity contribution in [3.05, 3.63) is 0 Å². The van der Waals surface area contributed by atoms with E-state index in [0.29, 0.717) is 5.92 Å². The Bertz CT molecular complexity index is 61.9. The monoisotopic (exact) mass is 131 g/mol. The van der Waals surface area contributed by atoms with Crippen LogP contribution >= 0.6 is 0 Å². The summed E-state index contributed by atoms with van der Waals surface area (Å²) in [6, 6.07) is 0. The highest BCUT2D eigenvalue weighted by Gasteiger charge is 2.11. The Morgan fingerprint density at radius 2 is 1.78 bits per heavy atom. The zero-order valence-corrected chi connectivity index (χ0v) is 6.55. The van der Waals surface area contributed by atoms with E-state index in [1.54, 1.807) is 0 Å². The summed E-state index contributed by atoms with van der Waals surface area (Å²) < 4.78 is 0. The molecule has 2 nitrogen and oxygen atoms in total. The van der Waals surface area contributed by atoms with E-state index in [0.717, 1.165) is 12.8 Å². The summed E-state index contributed by atoms with van der Waals surface area (Å²) in [6.07, 6.45) is 2.50. The maximum Gasteiger partial charge on any atom is 0.0787 e. The van der Waals surface area contributed by atoms with E-state index < -0.39 is 0 Å². The molecule has 0 aromatic heterocycles. The fourth-order valence-corrected chi connectivity index (χ4v) is 1.06. The van der Waals surface area contributed by atoms with E-state index in [-0.39, 0.29) is 6.10 Å². The fourth-order valence-electron chi connectivity index (χ4n) is 1.06. The molecule has 0 rings (SSSR count). The van der Waals surface area contributed by atoms with E-state index >= 15 is 0 Å². The van der Waals surface area contributed by atoms with Gasteiger partial charge >= 0.3 is 0 Å². The van der Waals surface area contributed by atoms with Crippen LogP contribution in [-0.4, -0.2) is 6.10 Å². The molecule has 0 aromatic rings. The summed E-state index contributed by atoms with van der Waals surface area (Å²) in [6.45, 7) is 6.32. The SMILES string of the molecule is CCC(CC)C(C)ON. The molecule has 0 saturated heterocycles. The number of nitrogens with two attached hydrogens (primary N) is 1. The van der Waals surface area contributed by atoms with E-state index in [1.807, 2.05) is 6.92 Å². The summed E-state index contributed by atoms with van der Waals surface area (Å²) in [5.74, 6) is 5.64. The van der Waals surface area contributed by atoms with Gasteiger partial charge in [0.15, 0.2) is 0 Å². The van der Waals surface area contributed by atoms with Crippen molar-refractivity contribution in [2.75, 3.05) is 0 Å². The average Bonchev–Trinajstić information content (AvgIpc) is 1.90. The first-order valence-corrected chi connectivity index (χ1v) is 3.61. The molecule has 0 heterocycles. The van der Waals surface area contributed by atoms with Gasteiger partial charge in [0.25, 0.3) is 0 Å². The summed E-state index contributed by atoms with van der Waals surface area (Å²) in [5.41, 5.74) is 0. The second-order valence-corrected chi connectivity index (χ2v) is 2.42. The molecule has 0 bridgehead atoms. The smallest absolute Gasteiger partial charge is 0.0787 e. The van der Waals surface area contributed by atoms with E-state index in [4.69, 9.17) is 10.7 Å². The Morgan fingerprint density at radius 3 is 1.89 bits per heavy atom. The molecule has 9 heavy (non-hydrogen) atoms. The molecule has 0 aromatic carbocycles. The van der Waals surface area contributed by atoms with Gasteiger partial charge in [-0.25, -0.2) is 5.90 Å². The molecule has 1 atom stereocenters. The third kappa shape index (κ3) is 2.82. The molecular weight excluding hydrogens is 114 g/mol. The highest BCUT2D eigenvalue weighted by atomic mass is 16.6. The molecule has 0 aliphatic carbocycles. The minimum Gasteiger partial charge on any atom is -0.301 e. The summed E-state index contributed by atoms with van der Waals surface area (Å²) in [5, 5.41) is 0. The van der Waals surface area contributed by atoms with Gasteiger partial charge in [-0.15, -0.1) is 0 Å². The van der Waals surface area contributed by atoms with Gasteiger partial charge in [0.05, 0.1) is 6.10 Å². The first kappa shape index (κ1) is 8.92. The Morgan fingerprint density at radius 1 is 1.33 bits per heavy atom. The van der Waals surface area contributed by atoms with E-state index in [1.165, 1.54) is 0 Å². The van der Waals surface area contributed by atoms with Crippen LogP contribution in [0.15, 0.2) is 0 Å². The molecule has 0 aliphatic heterocycles. The molecule has 1 unspecified atom stereocenters. The van der Waals surface area contributed by atoms with Crippen LogP contribution in [0.4, 0.5) is 0 Å². The lowest BCUT2D eigenvalue weighted by Crippen LogP contribution is -2.22. The van der Waals surface area contributed by atoms with Gasteiger partial charge in [0.2, 0.25) is 0 Å². The molecule has 0 saturated carbocycles. The Labute approximate surface area is 57.3 Å². The van der Waals surface area contributed by atoms with Crippen LogP contribution in [0.25, 0.3) is 0 Å². The lowest BCUT2D eigenvalue weighted by Gasteiger charge is -2.17. The Balaban J connectivity index is 3.50. The number of rotatable bonds is 4. The molecular formula is C7H17NO. The minimum atomic E-state index is 0.208. The first-order valence-electron chi connectivity index (χ1n) is 3.61. The number of hydrogen-bond donors (Lipinski definition) is 1. The van der Waals surface area contributed by atoms with Crippen LogP contribution in [-0.2, 0) is 4.84 Å². The molecule has 0 amide bonds. The summed E-state index contributed by atoms with van der Waals surface area (Å²) >= 11 is 0. The van der Waals surface area contributed by atoms with Crippen LogP contribution in [0.5, 0.6) is 0 Å². The van der Waals surface area contributed by atoms with Crippen LogP contribution in [0.2, 0.25) is 0 Å². The first-order chi connectivity index (χ1) is 4.26. The van der Waals surface area contributed by atoms with E-state index in [2.05, 4.69) is 13.8 Å². The molecule has 2 heteroatoms. The third-order valence-electron chi connectivity index (χ3n) is 1.93. The van der Waals surface area contributed by atoms with Crippen LogP contribution in [0.3, 0.4) is 0 Å². The summed E-state index contributed by atoms with van der Waals surface area (Å²) in [4.78, 5) is 4.69. The van der Waals surface area contributed by atoms with Crippen molar-refractivity contribution in [1.82, 2.24) is 0 Å². The maximum absolute atomic E-state index is 5.02. The Kier molecular flexibility index (Phi) is 4.72. The normalized spacial score (nSPS) is 14.3. The van der Waals surface area contributed by atoms with Crippen LogP contribution in [0.1, 0.15) is 33.6 Å². The van der Waals surface area contributed by atoms with Crippen molar-refractivity contribution in [3.63, 3.8) is 0 Å². The molecule has 0 radical (unpaired) electrons. The highest BCUT2D eigenvalue weighted by molar-refractivity contribution is 4.60. The summed E-state index contributed by atoms with van der Waals surface area (Å²) in [7, 11) is 0. The standard InChI is InChI=1S/C7H17NO/c1-4-7(5-2)6(3)9-8/h6-7H,4-5,8H2,1-3H3. The van der Waals surface area contributed by atoms with Gasteiger partial charge in [0, 0.05) is 0 Å². The van der Waals surface area contributed by atoms with E-state index in [9.17, 15) is 0 Å². The lowest BCUT2D eigenvalue weighted by molar-refractivity contribution is 0.0216. The van der Waals surface area contributed by atoms with Gasteiger partial charge in [-0.2, -0.15) is 0 Å². The van der Waals surface area contributed by atoms with Gasteiger partial charge in [-0.3, -0.25) is 0 Å². The van der Waals surface area contributed by atoms with Gasteiger partial charge in [-0.1, -0.05) is 26.7 Å². The molecule has 0 fully saturated rings. The van der Waals surface area contributed by atoms with Gasteiger partial charge in [-0.05, 0) is 12.8 Å². The molecule has 0 aliphatic rings. The van der Waals surface area contributed by atoms with Crippen LogP contribution in [0, 0.1) is 5.92 Å². The minimum absolute atomic E-state index is 0.208. The average molecular weight is 131 g/mol. The zero-order valence-electron chi connectivity index (χ0n) is 6.55. The third-order valence-corrected chi connectivity index (χ3v) is 1.93. The number of hydrogen-bond acceptors (Lipinski definition) is 2. The predicted molar refractivity (Wildman–Crippen MR) is 38.8 cm³/mol. The highest BCUT2D eigenvalue weighted by Crippen LogP contribution is 2.13. The van der Waals surface area contributed by atoms with Crippen molar-refractivity contribution < 1.29 is 4.84 Å². The molecule has 56 valence electrons. The topological polar surface area (TPSA) is 35.2 Å². The molecule has 2 N–H and O–H groups in total. The molecule has 0 spiro atoms. The van der Waals surface area contributed by atoms with Crippen molar-refractivity contribution in [1.29, 1.82) is 0 Å². The van der Waals surface area contributed by atoms with Gasteiger partial charge < -0.3 is 4.84 Å². The van der Waals surface area contributed by atoms with Crippen molar-refractivity contribution in [2.45, 2.75) is 39.7 Å². The van der Waals surface area contributed by atoms with Crippen molar-refractivity contribution in [2.24, 2.45) is 11.8 Å². The zero-order chi connectivity index (χ0) is 7.28.